The Balaban J connectivity index is -0.000000561. The molecule has 6 heteroatoms. The smallest absolute Gasteiger partial charge is 1.00 e. The first-order valence-corrected chi connectivity index (χ1v) is 8.36. The summed E-state index contributed by atoms with van der Waals surface area (Å²) in [6.07, 6.45) is 7.67. The van der Waals surface area contributed by atoms with Crippen molar-refractivity contribution in [3.05, 3.63) is 41.5 Å². The minimum Gasteiger partial charge on any atom is -1.00 e. The molecule has 0 unspecified atom stereocenters. The van der Waals surface area contributed by atoms with Gasteiger partial charge in [-0.2, -0.15) is 0 Å². The van der Waals surface area contributed by atoms with Crippen LogP contribution in [0.2, 0.25) is 0 Å². The van der Waals surface area contributed by atoms with E-state index in [2.05, 4.69) is 6.07 Å². The molecule has 1 aromatic carbocycles. The van der Waals surface area contributed by atoms with Crippen LogP contribution in [0.5, 0.6) is 0 Å². The number of allylic oxidation sites excluding steroid dienone is 2. The van der Waals surface area contributed by atoms with E-state index in [1.54, 1.807) is 0 Å². The van der Waals surface area contributed by atoms with Gasteiger partial charge in [0, 0.05) is 31.6 Å². The molecule has 1 aliphatic heterocycles. The molecule has 140 valence electrons. The van der Waals surface area contributed by atoms with Gasteiger partial charge in [0.2, 0.25) is 5.91 Å². The number of ketones is 1. The van der Waals surface area contributed by atoms with Crippen molar-refractivity contribution >= 4 is 34.6 Å². The third kappa shape index (κ3) is 9.22. The van der Waals surface area contributed by atoms with Gasteiger partial charge in [-0.15, -0.1) is 0 Å². The van der Waals surface area contributed by atoms with Crippen LogP contribution in [0.3, 0.4) is 0 Å². The van der Waals surface area contributed by atoms with E-state index in [4.69, 9.17) is 10.5 Å². The second-order valence-electron chi connectivity index (χ2n) is 5.90. The summed E-state index contributed by atoms with van der Waals surface area (Å²) in [5, 5.41) is 0. The fourth-order valence-electron chi connectivity index (χ4n) is 2.78. The Morgan fingerprint density at radius 3 is 2.27 bits per heavy atom. The number of hydrogen-bond donors (Lipinski definition) is 1. The molecule has 0 aromatic heterocycles. The topological polar surface area (TPSA) is 69.4 Å². The monoisotopic (exact) mass is 369 g/mol. The molecule has 2 N–H and O–H groups in total. The molecule has 1 aliphatic carbocycles. The fraction of sp³-hybridized carbons (Fsp3) is 0.500. The summed E-state index contributed by atoms with van der Waals surface area (Å²) >= 11 is 0. The van der Waals surface area contributed by atoms with E-state index in [-0.39, 0.29) is 56.8 Å². The molecule has 0 spiro atoms. The van der Waals surface area contributed by atoms with Crippen LogP contribution in [0.4, 0.5) is 0 Å². The van der Waals surface area contributed by atoms with E-state index >= 15 is 0 Å². The Bertz CT molecular complexity index is 585. The number of benzene rings is 1. The van der Waals surface area contributed by atoms with Gasteiger partial charge in [-0.1, -0.05) is 37.8 Å². The zero-order valence-electron chi connectivity index (χ0n) is 15.6. The minimum absolute atomic E-state index is 0. The van der Waals surface area contributed by atoms with Crippen molar-refractivity contribution in [2.75, 3.05) is 13.2 Å². The molecular weight excluding hydrogens is 336 g/mol. The van der Waals surface area contributed by atoms with Crippen LogP contribution in [-0.2, 0) is 20.7 Å². The average molecular weight is 369 g/mol. The molecule has 0 bridgehead atoms. The van der Waals surface area contributed by atoms with E-state index < -0.39 is 0 Å². The average Bonchev–Trinajstić information content (AvgIpc) is 3.23. The van der Waals surface area contributed by atoms with Crippen LogP contribution in [0.15, 0.2) is 30.3 Å². The van der Waals surface area contributed by atoms with Gasteiger partial charge in [-0.3, -0.25) is 9.59 Å². The number of carbonyl (C=O) groups is 2. The van der Waals surface area contributed by atoms with Crippen molar-refractivity contribution in [3.63, 3.8) is 0 Å². The maximum atomic E-state index is 12.1. The van der Waals surface area contributed by atoms with Gasteiger partial charge in [0.15, 0.2) is 23.1 Å². The maximum absolute atomic E-state index is 12.1. The summed E-state index contributed by atoms with van der Waals surface area (Å²) < 4.78 is 4.94. The molecular formula is C20H33AlLiNO3. The van der Waals surface area contributed by atoms with Gasteiger partial charge in [-0.25, -0.2) is 0 Å². The first-order chi connectivity index (χ1) is 11.2. The van der Waals surface area contributed by atoms with Crippen LogP contribution >= 0.6 is 0 Å². The van der Waals surface area contributed by atoms with Gasteiger partial charge in [0.05, 0.1) is 0 Å². The van der Waals surface area contributed by atoms with Crippen molar-refractivity contribution in [1.82, 2.24) is 0 Å². The third-order valence-corrected chi connectivity index (χ3v) is 4.04. The van der Waals surface area contributed by atoms with E-state index in [1.165, 1.54) is 18.4 Å². The van der Waals surface area contributed by atoms with Gasteiger partial charge in [0.1, 0.15) is 0 Å². The predicted molar refractivity (Wildman–Crippen MR) is 109 cm³/mol. The number of nitrogens with two attached hydrogens (primary N) is 1. The van der Waals surface area contributed by atoms with Gasteiger partial charge in [-0.05, 0) is 43.2 Å². The van der Waals surface area contributed by atoms with Crippen LogP contribution in [0, 0.1) is 0 Å². The van der Waals surface area contributed by atoms with Crippen LogP contribution in [-0.4, -0.2) is 42.3 Å². The van der Waals surface area contributed by atoms with E-state index in [1.807, 2.05) is 24.3 Å². The van der Waals surface area contributed by atoms with Crippen molar-refractivity contribution in [2.45, 2.75) is 52.4 Å². The predicted octanol–water partition coefficient (Wildman–Crippen LogP) is -0.394. The van der Waals surface area contributed by atoms with Crippen molar-refractivity contribution in [3.8, 4) is 0 Å². The van der Waals surface area contributed by atoms with Crippen LogP contribution < -0.4 is 24.6 Å². The molecule has 0 radical (unpaired) electrons. The Labute approximate surface area is 181 Å². The first kappa shape index (κ1) is 27.4. The number of carbonyl (C=O) groups excluding carboxylic acids is 2. The first-order valence-electron chi connectivity index (χ1n) is 8.36. The Kier molecular flexibility index (Phi) is 16.1. The Morgan fingerprint density at radius 1 is 1.08 bits per heavy atom. The summed E-state index contributed by atoms with van der Waals surface area (Å²) in [6, 6.07) is 8.00. The van der Waals surface area contributed by atoms with Crippen molar-refractivity contribution < 1.29 is 34.6 Å². The summed E-state index contributed by atoms with van der Waals surface area (Å²) in [5.41, 5.74) is 8.18. The zero-order chi connectivity index (χ0) is 16.5. The van der Waals surface area contributed by atoms with Gasteiger partial charge >= 0.3 is 18.9 Å². The number of unbranched alkanes of at least 4 members (excludes halogenated alkanes) is 1. The second kappa shape index (κ2) is 15.3. The SMILES string of the molecule is C.C1CCOC1.NC(=O)CCCCC(=O)C1=CCc2ccccc21.[AlH3].[H-].[Li+]. The zero-order valence-corrected chi connectivity index (χ0v) is 14.6. The molecule has 1 heterocycles. The van der Waals surface area contributed by atoms with Crippen LogP contribution in [0.1, 0.15) is 58.5 Å². The molecule has 1 aromatic rings. The number of hydrogen-bond acceptors (Lipinski definition) is 3. The van der Waals surface area contributed by atoms with E-state index in [0.717, 1.165) is 37.2 Å². The molecule has 4 nitrogen and oxygen atoms in total. The second-order valence-corrected chi connectivity index (χ2v) is 5.90. The molecule has 2 aliphatic rings. The van der Waals surface area contributed by atoms with E-state index in [9.17, 15) is 9.59 Å². The summed E-state index contributed by atoms with van der Waals surface area (Å²) in [4.78, 5) is 22.7. The number of fused-ring (bicyclic) bond motifs is 1. The summed E-state index contributed by atoms with van der Waals surface area (Å²) in [5.74, 6) is -0.128. The molecule has 0 atom stereocenters. The molecule has 1 amide bonds. The van der Waals surface area contributed by atoms with Gasteiger partial charge in [0.25, 0.3) is 0 Å². The fourth-order valence-corrected chi connectivity index (χ4v) is 2.78. The molecule has 0 saturated carbocycles. The molecule has 3 rings (SSSR count). The third-order valence-electron chi connectivity index (χ3n) is 4.04. The summed E-state index contributed by atoms with van der Waals surface area (Å²) in [7, 11) is 0. The number of Topliss-reactive ketones (excluding diaryl/α,β-unsaturated/α-hetero) is 1. The normalized spacial score (nSPS) is 13.6. The minimum atomic E-state index is -0.298. The van der Waals surface area contributed by atoms with Crippen molar-refractivity contribution in [2.24, 2.45) is 5.73 Å². The van der Waals surface area contributed by atoms with Crippen molar-refractivity contribution in [1.29, 1.82) is 0 Å². The largest absolute Gasteiger partial charge is 1.00 e. The molecule has 1 fully saturated rings. The Hall–Kier alpha value is -0.810. The number of rotatable bonds is 6. The number of ether oxygens (including phenoxy) is 1. The maximum Gasteiger partial charge on any atom is 1.00 e. The number of amides is 1. The molecule has 1 saturated heterocycles. The number of primary amides is 1. The summed E-state index contributed by atoms with van der Waals surface area (Å²) in [6.45, 7) is 2.00. The standard InChI is InChI=1S/C15H17NO2.C4H8O.CH4.Al.Li.4H/c16-15(18)8-4-3-7-14(17)13-10-9-11-5-1-2-6-12(11)13;1-2-4-5-3-1;;;;;;;/h1-2,5-6,10H,3-4,7-9H2,(H2,16,18);1-4H2;1H4;;;;;;/q;;;;+1;;;;-1. The Morgan fingerprint density at radius 2 is 1.69 bits per heavy atom. The molecule has 26 heavy (non-hydrogen) atoms. The van der Waals surface area contributed by atoms with Crippen LogP contribution in [0.25, 0.3) is 5.57 Å². The van der Waals surface area contributed by atoms with Gasteiger partial charge < -0.3 is 11.9 Å². The quantitative estimate of drug-likeness (QED) is 0.548. The van der Waals surface area contributed by atoms with E-state index in [0.29, 0.717) is 19.3 Å².